The number of nitrogens with one attached hydrogen (secondary N) is 1. The Morgan fingerprint density at radius 1 is 1.24 bits per heavy atom. The van der Waals surface area contributed by atoms with E-state index in [1.165, 1.54) is 30.5 Å². The molecule has 0 atom stereocenters. The van der Waals surface area contributed by atoms with Gasteiger partial charge in [-0.25, -0.2) is 9.97 Å². The average Bonchev–Trinajstić information content (AvgIpc) is 2.77. The van der Waals surface area contributed by atoms with Crippen molar-refractivity contribution in [2.24, 2.45) is 0 Å². The van der Waals surface area contributed by atoms with Gasteiger partial charge in [-0.1, -0.05) is 0 Å². The van der Waals surface area contributed by atoms with Crippen LogP contribution < -0.4 is 5.32 Å². The summed E-state index contributed by atoms with van der Waals surface area (Å²) in [6.45, 7) is 2.17. The van der Waals surface area contributed by atoms with Gasteiger partial charge < -0.3 is 10.2 Å². The molecule has 0 unspecified atom stereocenters. The van der Waals surface area contributed by atoms with Crippen molar-refractivity contribution in [3.63, 3.8) is 0 Å². The first-order valence-corrected chi connectivity index (χ1v) is 6.48. The van der Waals surface area contributed by atoms with E-state index in [9.17, 15) is 0 Å². The minimum absolute atomic E-state index is 1.01. The zero-order valence-electron chi connectivity index (χ0n) is 10.9. The maximum atomic E-state index is 4.35. The Labute approximate surface area is 103 Å². The molecular formula is C13H22N4. The monoisotopic (exact) mass is 234 g/mol. The summed E-state index contributed by atoms with van der Waals surface area (Å²) < 4.78 is 0. The van der Waals surface area contributed by atoms with Crippen molar-refractivity contribution < 1.29 is 0 Å². The van der Waals surface area contributed by atoms with Gasteiger partial charge in [-0.2, -0.15) is 0 Å². The van der Waals surface area contributed by atoms with Gasteiger partial charge in [-0.15, -0.1) is 0 Å². The molecule has 94 valence electrons. The van der Waals surface area contributed by atoms with E-state index in [0.29, 0.717) is 0 Å². The fraction of sp³-hybridized carbons (Fsp3) is 0.692. The summed E-state index contributed by atoms with van der Waals surface area (Å²) in [6.07, 6.45) is 7.59. The molecule has 1 N–H and O–H groups in total. The van der Waals surface area contributed by atoms with E-state index in [0.717, 1.165) is 31.7 Å². The fourth-order valence-electron chi connectivity index (χ4n) is 2.27. The topological polar surface area (TPSA) is 41.0 Å². The SMILES string of the molecule is CN(C)CCCCNc1ncnc2c1CCC2. The van der Waals surface area contributed by atoms with Gasteiger partial charge in [-0.05, 0) is 52.7 Å². The molecule has 0 bridgehead atoms. The molecule has 0 saturated carbocycles. The highest BCUT2D eigenvalue weighted by molar-refractivity contribution is 5.47. The predicted octanol–water partition coefficient (Wildman–Crippen LogP) is 1.72. The van der Waals surface area contributed by atoms with E-state index < -0.39 is 0 Å². The van der Waals surface area contributed by atoms with Crippen LogP contribution in [-0.4, -0.2) is 42.1 Å². The molecule has 1 aromatic heterocycles. The van der Waals surface area contributed by atoms with Crippen LogP contribution in [0.15, 0.2) is 6.33 Å². The molecule has 0 amide bonds. The standard InChI is InChI=1S/C13H22N4/c1-17(2)9-4-3-8-14-13-11-6-5-7-12(11)15-10-16-13/h10H,3-9H2,1-2H3,(H,14,15,16). The minimum Gasteiger partial charge on any atom is -0.370 e. The molecule has 1 aliphatic carbocycles. The Balaban J connectivity index is 1.78. The highest BCUT2D eigenvalue weighted by atomic mass is 15.1. The summed E-state index contributed by atoms with van der Waals surface area (Å²) in [7, 11) is 4.23. The zero-order chi connectivity index (χ0) is 12.1. The Bertz CT molecular complexity index is 362. The van der Waals surface area contributed by atoms with Gasteiger partial charge in [0.1, 0.15) is 12.1 Å². The van der Waals surface area contributed by atoms with Crippen LogP contribution in [0, 0.1) is 0 Å². The quantitative estimate of drug-likeness (QED) is 0.761. The molecule has 4 nitrogen and oxygen atoms in total. The molecule has 1 aromatic rings. The Morgan fingerprint density at radius 3 is 2.94 bits per heavy atom. The van der Waals surface area contributed by atoms with Crippen molar-refractivity contribution in [3.05, 3.63) is 17.6 Å². The van der Waals surface area contributed by atoms with Crippen molar-refractivity contribution in [2.45, 2.75) is 32.1 Å². The number of unbranched alkanes of at least 4 members (excludes halogenated alkanes) is 1. The summed E-state index contributed by atoms with van der Waals surface area (Å²) in [6, 6.07) is 0. The van der Waals surface area contributed by atoms with Crippen molar-refractivity contribution in [2.75, 3.05) is 32.5 Å². The van der Waals surface area contributed by atoms with E-state index in [1.807, 2.05) is 0 Å². The molecule has 0 fully saturated rings. The molecule has 0 aliphatic heterocycles. The van der Waals surface area contributed by atoms with E-state index in [2.05, 4.69) is 34.3 Å². The minimum atomic E-state index is 1.01. The number of rotatable bonds is 6. The summed E-state index contributed by atoms with van der Waals surface area (Å²) in [5.74, 6) is 1.07. The first kappa shape index (κ1) is 12.3. The summed E-state index contributed by atoms with van der Waals surface area (Å²) in [5, 5.41) is 3.45. The lowest BCUT2D eigenvalue weighted by Gasteiger charge is -2.11. The van der Waals surface area contributed by atoms with E-state index in [4.69, 9.17) is 0 Å². The number of hydrogen-bond donors (Lipinski definition) is 1. The molecule has 0 radical (unpaired) electrons. The largest absolute Gasteiger partial charge is 0.370 e. The van der Waals surface area contributed by atoms with Crippen molar-refractivity contribution in [1.82, 2.24) is 14.9 Å². The molecule has 0 aromatic carbocycles. The molecule has 1 aliphatic rings. The van der Waals surface area contributed by atoms with Crippen LogP contribution in [0.5, 0.6) is 0 Å². The van der Waals surface area contributed by atoms with Gasteiger partial charge in [0.15, 0.2) is 0 Å². The maximum Gasteiger partial charge on any atom is 0.132 e. The first-order chi connectivity index (χ1) is 8.27. The van der Waals surface area contributed by atoms with Crippen LogP contribution >= 0.6 is 0 Å². The highest BCUT2D eigenvalue weighted by Gasteiger charge is 2.16. The lowest BCUT2D eigenvalue weighted by Crippen LogP contribution is -2.14. The van der Waals surface area contributed by atoms with Crippen LogP contribution in [0.1, 0.15) is 30.5 Å². The number of hydrogen-bond acceptors (Lipinski definition) is 4. The van der Waals surface area contributed by atoms with Gasteiger partial charge in [0.05, 0.1) is 0 Å². The normalized spacial score (nSPS) is 14.1. The zero-order valence-corrected chi connectivity index (χ0v) is 10.9. The second kappa shape index (κ2) is 5.96. The molecule has 2 rings (SSSR count). The Morgan fingerprint density at radius 2 is 2.12 bits per heavy atom. The van der Waals surface area contributed by atoms with Crippen molar-refractivity contribution >= 4 is 5.82 Å². The van der Waals surface area contributed by atoms with Gasteiger partial charge in [-0.3, -0.25) is 0 Å². The fourth-order valence-corrected chi connectivity index (χ4v) is 2.27. The summed E-state index contributed by atoms with van der Waals surface area (Å²) in [5.41, 5.74) is 2.59. The van der Waals surface area contributed by atoms with E-state index >= 15 is 0 Å². The van der Waals surface area contributed by atoms with Crippen LogP contribution in [-0.2, 0) is 12.8 Å². The van der Waals surface area contributed by atoms with Gasteiger partial charge in [0, 0.05) is 17.8 Å². The smallest absolute Gasteiger partial charge is 0.132 e. The first-order valence-electron chi connectivity index (χ1n) is 6.48. The third-order valence-corrected chi connectivity index (χ3v) is 3.20. The maximum absolute atomic E-state index is 4.35. The second-order valence-corrected chi connectivity index (χ2v) is 4.94. The second-order valence-electron chi connectivity index (χ2n) is 4.94. The summed E-state index contributed by atoms with van der Waals surface area (Å²) >= 11 is 0. The number of aryl methyl sites for hydroxylation is 1. The lowest BCUT2D eigenvalue weighted by molar-refractivity contribution is 0.396. The lowest BCUT2D eigenvalue weighted by atomic mass is 10.2. The van der Waals surface area contributed by atoms with Crippen LogP contribution in [0.4, 0.5) is 5.82 Å². The number of nitrogens with zero attached hydrogens (tertiary/aromatic N) is 3. The Kier molecular flexibility index (Phi) is 4.31. The van der Waals surface area contributed by atoms with E-state index in [-0.39, 0.29) is 0 Å². The Hall–Kier alpha value is -1.16. The van der Waals surface area contributed by atoms with Crippen LogP contribution in [0.3, 0.4) is 0 Å². The number of anilines is 1. The molecule has 0 spiro atoms. The molecule has 4 heteroatoms. The molecular weight excluding hydrogens is 212 g/mol. The highest BCUT2D eigenvalue weighted by Crippen LogP contribution is 2.24. The average molecular weight is 234 g/mol. The summed E-state index contributed by atoms with van der Waals surface area (Å²) in [4.78, 5) is 10.9. The van der Waals surface area contributed by atoms with Crippen molar-refractivity contribution in [3.8, 4) is 0 Å². The molecule has 0 saturated heterocycles. The van der Waals surface area contributed by atoms with Crippen LogP contribution in [0.2, 0.25) is 0 Å². The molecule has 1 heterocycles. The van der Waals surface area contributed by atoms with Gasteiger partial charge in [0.25, 0.3) is 0 Å². The third-order valence-electron chi connectivity index (χ3n) is 3.20. The predicted molar refractivity (Wildman–Crippen MR) is 70.3 cm³/mol. The van der Waals surface area contributed by atoms with E-state index in [1.54, 1.807) is 6.33 Å². The van der Waals surface area contributed by atoms with Crippen molar-refractivity contribution in [1.29, 1.82) is 0 Å². The third kappa shape index (κ3) is 3.40. The van der Waals surface area contributed by atoms with Gasteiger partial charge in [0.2, 0.25) is 0 Å². The number of aromatic nitrogens is 2. The number of fused-ring (bicyclic) bond motifs is 1. The van der Waals surface area contributed by atoms with Gasteiger partial charge >= 0.3 is 0 Å². The van der Waals surface area contributed by atoms with Crippen LogP contribution in [0.25, 0.3) is 0 Å². The molecule has 17 heavy (non-hydrogen) atoms.